The number of hydrogen-bond donors (Lipinski definition) is 0. The van der Waals surface area contributed by atoms with Gasteiger partial charge in [0.15, 0.2) is 0 Å². The van der Waals surface area contributed by atoms with Crippen LogP contribution in [0.3, 0.4) is 0 Å². The molecule has 0 spiro atoms. The van der Waals surface area contributed by atoms with Crippen LogP contribution in [0, 0.1) is 5.92 Å². The van der Waals surface area contributed by atoms with Crippen LogP contribution in [0.2, 0.25) is 0 Å². The highest BCUT2D eigenvalue weighted by Gasteiger charge is 2.34. The Hall–Kier alpha value is -1.10. The first kappa shape index (κ1) is 12.0. The predicted octanol–water partition coefficient (Wildman–Crippen LogP) is 1.90. The molecule has 1 aliphatic carbocycles. The number of rotatable bonds is 2. The Kier molecular flexibility index (Phi) is 3.24. The fourth-order valence-corrected chi connectivity index (χ4v) is 2.84. The summed E-state index contributed by atoms with van der Waals surface area (Å²) >= 11 is 3.52. The van der Waals surface area contributed by atoms with Crippen LogP contribution in [-0.4, -0.2) is 42.0 Å². The summed E-state index contributed by atoms with van der Waals surface area (Å²) < 4.78 is 1.02. The summed E-state index contributed by atoms with van der Waals surface area (Å²) in [5.74, 6) is 1.67. The van der Waals surface area contributed by atoms with Gasteiger partial charge in [-0.3, -0.25) is 4.79 Å². The topological polar surface area (TPSA) is 36.4 Å². The van der Waals surface area contributed by atoms with E-state index in [2.05, 4.69) is 25.8 Å². The molecule has 18 heavy (non-hydrogen) atoms. The summed E-state index contributed by atoms with van der Waals surface area (Å²) in [5.41, 5.74) is 0. The van der Waals surface area contributed by atoms with Crippen LogP contribution in [0.4, 0.5) is 5.82 Å². The first-order valence-electron chi connectivity index (χ1n) is 6.40. The molecule has 3 rings (SSSR count). The maximum Gasteiger partial charge on any atom is 0.225 e. The van der Waals surface area contributed by atoms with Crippen molar-refractivity contribution < 1.29 is 4.79 Å². The van der Waals surface area contributed by atoms with Crippen LogP contribution in [0.15, 0.2) is 22.8 Å². The fourth-order valence-electron chi connectivity index (χ4n) is 2.34. The molecule has 1 amide bonds. The van der Waals surface area contributed by atoms with Crippen molar-refractivity contribution in [1.82, 2.24) is 9.88 Å². The van der Waals surface area contributed by atoms with Crippen LogP contribution in [0.25, 0.3) is 0 Å². The van der Waals surface area contributed by atoms with Gasteiger partial charge in [0.05, 0.1) is 4.47 Å². The van der Waals surface area contributed by atoms with Gasteiger partial charge in [0, 0.05) is 38.3 Å². The highest BCUT2D eigenvalue weighted by atomic mass is 79.9. The average Bonchev–Trinajstić information content (AvgIpc) is 3.23. The number of carbonyl (C=O) groups excluding carboxylic acids is 1. The van der Waals surface area contributed by atoms with Crippen molar-refractivity contribution in [1.29, 1.82) is 0 Å². The fraction of sp³-hybridized carbons (Fsp3) is 0.538. The SMILES string of the molecule is O=C(C1CC1)N1CCN(c2ncccc2Br)CC1. The lowest BCUT2D eigenvalue weighted by atomic mass is 10.2. The number of pyridine rings is 1. The molecule has 0 aromatic carbocycles. The van der Waals surface area contributed by atoms with E-state index in [9.17, 15) is 4.79 Å². The summed E-state index contributed by atoms with van der Waals surface area (Å²) in [5, 5.41) is 0. The van der Waals surface area contributed by atoms with Gasteiger partial charge in [-0.05, 0) is 40.9 Å². The zero-order chi connectivity index (χ0) is 12.5. The van der Waals surface area contributed by atoms with E-state index in [0.717, 1.165) is 49.3 Å². The average molecular weight is 310 g/mol. The molecule has 2 fully saturated rings. The summed E-state index contributed by atoms with van der Waals surface area (Å²) in [6.07, 6.45) is 3.98. The van der Waals surface area contributed by atoms with Gasteiger partial charge in [-0.25, -0.2) is 4.98 Å². The van der Waals surface area contributed by atoms with Crippen molar-refractivity contribution in [2.45, 2.75) is 12.8 Å². The van der Waals surface area contributed by atoms with Gasteiger partial charge < -0.3 is 9.80 Å². The highest BCUT2D eigenvalue weighted by Crippen LogP contribution is 2.31. The van der Waals surface area contributed by atoms with Gasteiger partial charge in [0.2, 0.25) is 5.91 Å². The van der Waals surface area contributed by atoms with Crippen molar-refractivity contribution in [2.24, 2.45) is 5.92 Å². The molecule has 2 aliphatic rings. The molecular weight excluding hydrogens is 294 g/mol. The van der Waals surface area contributed by atoms with E-state index in [1.54, 1.807) is 0 Å². The molecule has 96 valence electrons. The first-order valence-corrected chi connectivity index (χ1v) is 7.19. The van der Waals surface area contributed by atoms with Crippen LogP contribution >= 0.6 is 15.9 Å². The van der Waals surface area contributed by atoms with E-state index in [0.29, 0.717) is 11.8 Å². The van der Waals surface area contributed by atoms with E-state index in [4.69, 9.17) is 0 Å². The third-order valence-electron chi connectivity index (χ3n) is 3.56. The molecule has 0 atom stereocenters. The quantitative estimate of drug-likeness (QED) is 0.837. The van der Waals surface area contributed by atoms with Crippen LogP contribution in [-0.2, 0) is 4.79 Å². The predicted molar refractivity (Wildman–Crippen MR) is 73.5 cm³/mol. The number of hydrogen-bond acceptors (Lipinski definition) is 3. The van der Waals surface area contributed by atoms with E-state index < -0.39 is 0 Å². The van der Waals surface area contributed by atoms with Crippen molar-refractivity contribution in [3.8, 4) is 0 Å². The molecule has 0 unspecified atom stereocenters. The number of anilines is 1. The molecular formula is C13H16BrN3O. The lowest BCUT2D eigenvalue weighted by Crippen LogP contribution is -2.49. The highest BCUT2D eigenvalue weighted by molar-refractivity contribution is 9.10. The van der Waals surface area contributed by atoms with E-state index in [-0.39, 0.29) is 0 Å². The lowest BCUT2D eigenvalue weighted by molar-refractivity contribution is -0.132. The molecule has 4 nitrogen and oxygen atoms in total. The van der Waals surface area contributed by atoms with Gasteiger partial charge >= 0.3 is 0 Å². The maximum atomic E-state index is 12.0. The molecule has 2 heterocycles. The van der Waals surface area contributed by atoms with Gasteiger partial charge in [-0.15, -0.1) is 0 Å². The lowest BCUT2D eigenvalue weighted by Gasteiger charge is -2.35. The monoisotopic (exact) mass is 309 g/mol. The van der Waals surface area contributed by atoms with Crippen molar-refractivity contribution in [2.75, 3.05) is 31.1 Å². The zero-order valence-corrected chi connectivity index (χ0v) is 11.8. The van der Waals surface area contributed by atoms with Gasteiger partial charge in [-0.2, -0.15) is 0 Å². The second-order valence-corrected chi connectivity index (χ2v) is 5.75. The van der Waals surface area contributed by atoms with Crippen molar-refractivity contribution >= 4 is 27.7 Å². The Bertz CT molecular complexity index is 453. The van der Waals surface area contributed by atoms with E-state index in [1.807, 2.05) is 23.2 Å². The minimum atomic E-state index is 0.332. The van der Waals surface area contributed by atoms with Crippen molar-refractivity contribution in [3.63, 3.8) is 0 Å². The third-order valence-corrected chi connectivity index (χ3v) is 4.18. The Morgan fingerprint density at radius 1 is 1.28 bits per heavy atom. The number of nitrogens with zero attached hydrogens (tertiary/aromatic N) is 3. The summed E-state index contributed by atoms with van der Waals surface area (Å²) in [4.78, 5) is 20.6. The molecule has 1 saturated carbocycles. The first-order chi connectivity index (χ1) is 8.75. The van der Waals surface area contributed by atoms with Crippen LogP contribution < -0.4 is 4.90 Å². The number of carbonyl (C=O) groups is 1. The Morgan fingerprint density at radius 2 is 2.00 bits per heavy atom. The number of halogens is 1. The maximum absolute atomic E-state index is 12.0. The van der Waals surface area contributed by atoms with E-state index >= 15 is 0 Å². The van der Waals surface area contributed by atoms with Gasteiger partial charge in [0.25, 0.3) is 0 Å². The molecule has 5 heteroatoms. The Labute approximate surface area is 115 Å². The minimum Gasteiger partial charge on any atom is -0.352 e. The number of amides is 1. The Morgan fingerprint density at radius 3 is 2.61 bits per heavy atom. The van der Waals surface area contributed by atoms with Crippen molar-refractivity contribution in [3.05, 3.63) is 22.8 Å². The molecule has 1 aromatic rings. The molecule has 0 bridgehead atoms. The molecule has 1 aliphatic heterocycles. The molecule has 1 saturated heterocycles. The molecule has 0 N–H and O–H groups in total. The molecule has 1 aromatic heterocycles. The van der Waals surface area contributed by atoms with Gasteiger partial charge in [0.1, 0.15) is 5.82 Å². The summed E-state index contributed by atoms with van der Waals surface area (Å²) in [7, 11) is 0. The Balaban J connectivity index is 1.63. The van der Waals surface area contributed by atoms with Crippen LogP contribution in [0.1, 0.15) is 12.8 Å². The number of piperazine rings is 1. The zero-order valence-electron chi connectivity index (χ0n) is 10.2. The summed E-state index contributed by atoms with van der Waals surface area (Å²) in [6, 6.07) is 3.92. The van der Waals surface area contributed by atoms with Crippen LogP contribution in [0.5, 0.6) is 0 Å². The van der Waals surface area contributed by atoms with E-state index in [1.165, 1.54) is 0 Å². The molecule has 0 radical (unpaired) electrons. The standard InChI is InChI=1S/C13H16BrN3O/c14-11-2-1-5-15-12(11)16-6-8-17(9-7-16)13(18)10-3-4-10/h1-2,5,10H,3-4,6-9H2. The minimum absolute atomic E-state index is 0.332. The normalized spacial score (nSPS) is 20.1. The second kappa shape index (κ2) is 4.88. The number of aromatic nitrogens is 1. The smallest absolute Gasteiger partial charge is 0.225 e. The second-order valence-electron chi connectivity index (χ2n) is 4.90. The van der Waals surface area contributed by atoms with Gasteiger partial charge in [-0.1, -0.05) is 0 Å². The summed E-state index contributed by atoms with van der Waals surface area (Å²) in [6.45, 7) is 3.37. The largest absolute Gasteiger partial charge is 0.352 e. The third kappa shape index (κ3) is 2.36.